The number of aliphatic imine (C=N–C) groups is 1. The van der Waals surface area contributed by atoms with Crippen LogP contribution in [0, 0.1) is 20.8 Å². The van der Waals surface area contributed by atoms with E-state index in [-0.39, 0.29) is 5.97 Å². The number of para-hydroxylation sites is 1. The van der Waals surface area contributed by atoms with Crippen LogP contribution in [0.5, 0.6) is 0 Å². The van der Waals surface area contributed by atoms with Crippen molar-refractivity contribution in [1.29, 1.82) is 0 Å². The lowest BCUT2D eigenvalue weighted by Crippen LogP contribution is -2.05. The Balaban J connectivity index is 1.96. The van der Waals surface area contributed by atoms with Gasteiger partial charge in [0.1, 0.15) is 0 Å². The lowest BCUT2D eigenvalue weighted by molar-refractivity contribution is 0.0526. The first-order chi connectivity index (χ1) is 14.0. The van der Waals surface area contributed by atoms with E-state index in [2.05, 4.69) is 61.5 Å². The monoisotopic (exact) mass is 388 g/mol. The molecule has 0 spiro atoms. The number of carbonyl (C=O) groups is 1. The molecule has 4 nitrogen and oxygen atoms in total. The predicted molar refractivity (Wildman–Crippen MR) is 119 cm³/mol. The molecule has 0 fully saturated rings. The molecule has 3 aromatic rings. The summed E-state index contributed by atoms with van der Waals surface area (Å²) in [4.78, 5) is 16.6. The molecule has 1 heterocycles. The topological polar surface area (TPSA) is 43.6 Å². The molecule has 2 aromatic carbocycles. The van der Waals surface area contributed by atoms with Crippen molar-refractivity contribution in [3.05, 3.63) is 82.2 Å². The molecule has 1 aromatic heterocycles. The highest BCUT2D eigenvalue weighted by Gasteiger charge is 2.14. The van der Waals surface area contributed by atoms with Gasteiger partial charge in [0.2, 0.25) is 0 Å². The molecule has 29 heavy (non-hydrogen) atoms. The molecule has 0 aliphatic carbocycles. The van der Waals surface area contributed by atoms with E-state index in [1.807, 2.05) is 18.3 Å². The third-order valence-corrected chi connectivity index (χ3v) is 5.11. The molecule has 0 N–H and O–H groups in total. The minimum atomic E-state index is -0.325. The van der Waals surface area contributed by atoms with Gasteiger partial charge in [0, 0.05) is 23.2 Å². The van der Waals surface area contributed by atoms with Crippen LogP contribution in [0.15, 0.2) is 53.5 Å². The Morgan fingerprint density at radius 3 is 2.55 bits per heavy atom. The second-order valence-electron chi connectivity index (χ2n) is 7.13. The first-order valence-corrected chi connectivity index (χ1v) is 10.0. The minimum Gasteiger partial charge on any atom is -0.462 e. The summed E-state index contributed by atoms with van der Waals surface area (Å²) in [5, 5.41) is 0. The van der Waals surface area contributed by atoms with E-state index in [1.165, 1.54) is 22.5 Å². The Morgan fingerprint density at radius 1 is 1.07 bits per heavy atom. The van der Waals surface area contributed by atoms with Crippen molar-refractivity contribution in [3.63, 3.8) is 0 Å². The van der Waals surface area contributed by atoms with Gasteiger partial charge in [-0.05, 0) is 69.5 Å². The molecular formula is C25H28N2O2. The third-order valence-electron chi connectivity index (χ3n) is 5.11. The zero-order chi connectivity index (χ0) is 21.0. The van der Waals surface area contributed by atoms with E-state index in [0.29, 0.717) is 12.2 Å². The number of aromatic nitrogens is 1. The number of nitrogens with zero attached hydrogens (tertiary/aromatic N) is 2. The smallest absolute Gasteiger partial charge is 0.338 e. The van der Waals surface area contributed by atoms with Gasteiger partial charge in [0.15, 0.2) is 0 Å². The number of carbonyl (C=O) groups excluding carboxylic acids is 1. The van der Waals surface area contributed by atoms with Crippen LogP contribution < -0.4 is 0 Å². The van der Waals surface area contributed by atoms with Gasteiger partial charge >= 0.3 is 5.97 Å². The van der Waals surface area contributed by atoms with Gasteiger partial charge in [-0.1, -0.05) is 31.2 Å². The second kappa shape index (κ2) is 8.91. The SMILES string of the molecule is CCOC(=O)c1cccc(N=Cc2cc(C)n(-c3c(C)cccc3CC)c2C)c1. The van der Waals surface area contributed by atoms with Gasteiger partial charge in [-0.3, -0.25) is 4.99 Å². The molecule has 150 valence electrons. The van der Waals surface area contributed by atoms with E-state index in [1.54, 1.807) is 19.1 Å². The van der Waals surface area contributed by atoms with Gasteiger partial charge in [0.05, 0.1) is 23.5 Å². The number of hydrogen-bond donors (Lipinski definition) is 0. The minimum absolute atomic E-state index is 0.325. The van der Waals surface area contributed by atoms with Crippen LogP contribution in [0.3, 0.4) is 0 Å². The van der Waals surface area contributed by atoms with Crippen LogP contribution in [-0.2, 0) is 11.2 Å². The molecular weight excluding hydrogens is 360 g/mol. The first-order valence-electron chi connectivity index (χ1n) is 10.0. The van der Waals surface area contributed by atoms with Crippen molar-refractivity contribution in [2.75, 3.05) is 6.61 Å². The van der Waals surface area contributed by atoms with Crippen molar-refractivity contribution in [2.24, 2.45) is 4.99 Å². The van der Waals surface area contributed by atoms with Crippen LogP contribution in [-0.4, -0.2) is 23.4 Å². The summed E-state index contributed by atoms with van der Waals surface area (Å²) in [6, 6.07) is 15.8. The van der Waals surface area contributed by atoms with Crippen molar-refractivity contribution in [1.82, 2.24) is 4.57 Å². The van der Waals surface area contributed by atoms with E-state index in [9.17, 15) is 4.79 Å². The maximum absolute atomic E-state index is 11.9. The summed E-state index contributed by atoms with van der Waals surface area (Å²) in [6.07, 6.45) is 2.85. The Morgan fingerprint density at radius 2 is 1.83 bits per heavy atom. The Labute approximate surface area is 172 Å². The number of rotatable bonds is 6. The van der Waals surface area contributed by atoms with Crippen molar-refractivity contribution >= 4 is 17.9 Å². The van der Waals surface area contributed by atoms with E-state index in [4.69, 9.17) is 4.74 Å². The average Bonchev–Trinajstić information content (AvgIpc) is 3.00. The van der Waals surface area contributed by atoms with E-state index < -0.39 is 0 Å². The molecule has 0 saturated carbocycles. The van der Waals surface area contributed by atoms with Crippen molar-refractivity contribution in [2.45, 2.75) is 41.0 Å². The van der Waals surface area contributed by atoms with Gasteiger partial charge in [-0.2, -0.15) is 0 Å². The first kappa shape index (κ1) is 20.6. The second-order valence-corrected chi connectivity index (χ2v) is 7.13. The van der Waals surface area contributed by atoms with Crippen LogP contribution in [0.1, 0.15) is 52.3 Å². The molecule has 0 saturated heterocycles. The summed E-state index contributed by atoms with van der Waals surface area (Å²) >= 11 is 0. The maximum Gasteiger partial charge on any atom is 0.338 e. The third kappa shape index (κ3) is 4.32. The van der Waals surface area contributed by atoms with E-state index >= 15 is 0 Å². The summed E-state index contributed by atoms with van der Waals surface area (Å²) < 4.78 is 7.38. The lowest BCUT2D eigenvalue weighted by atomic mass is 10.1. The standard InChI is InChI=1S/C25H28N2O2/c1-6-20-11-8-10-17(3)24(20)27-18(4)14-22(19(27)5)16-26-23-13-9-12-21(15-23)25(28)29-7-2/h8-16H,6-7H2,1-5H3. The number of hydrogen-bond acceptors (Lipinski definition) is 3. The highest BCUT2D eigenvalue weighted by molar-refractivity contribution is 5.91. The number of aryl methyl sites for hydroxylation is 3. The number of benzene rings is 2. The molecule has 0 amide bonds. The quantitative estimate of drug-likeness (QED) is 0.390. The van der Waals surface area contributed by atoms with Crippen molar-refractivity contribution < 1.29 is 9.53 Å². The zero-order valence-electron chi connectivity index (χ0n) is 17.8. The summed E-state index contributed by atoms with van der Waals surface area (Å²) in [6.45, 7) is 10.7. The van der Waals surface area contributed by atoms with Crippen LogP contribution in [0.25, 0.3) is 5.69 Å². The summed E-state index contributed by atoms with van der Waals surface area (Å²) in [5.74, 6) is -0.325. The largest absolute Gasteiger partial charge is 0.462 e. The number of ether oxygens (including phenoxy) is 1. The molecule has 0 aliphatic rings. The average molecular weight is 389 g/mol. The van der Waals surface area contributed by atoms with Crippen LogP contribution in [0.4, 0.5) is 5.69 Å². The number of esters is 1. The van der Waals surface area contributed by atoms with Crippen molar-refractivity contribution in [3.8, 4) is 5.69 Å². The van der Waals surface area contributed by atoms with Gasteiger partial charge in [-0.15, -0.1) is 0 Å². The molecule has 0 unspecified atom stereocenters. The van der Waals surface area contributed by atoms with Gasteiger partial charge in [-0.25, -0.2) is 4.79 Å². The summed E-state index contributed by atoms with van der Waals surface area (Å²) in [7, 11) is 0. The summed E-state index contributed by atoms with van der Waals surface area (Å²) in [5.41, 5.74) is 8.48. The fourth-order valence-electron chi connectivity index (χ4n) is 3.66. The highest BCUT2D eigenvalue weighted by Crippen LogP contribution is 2.26. The molecule has 0 radical (unpaired) electrons. The van der Waals surface area contributed by atoms with Crippen LogP contribution in [0.2, 0.25) is 0 Å². The van der Waals surface area contributed by atoms with E-state index in [0.717, 1.165) is 23.4 Å². The molecule has 0 aliphatic heterocycles. The molecule has 0 bridgehead atoms. The fraction of sp³-hybridized carbons (Fsp3) is 0.280. The molecule has 3 rings (SSSR count). The lowest BCUT2D eigenvalue weighted by Gasteiger charge is -2.17. The fourth-order valence-corrected chi connectivity index (χ4v) is 3.66. The zero-order valence-corrected chi connectivity index (χ0v) is 17.8. The Bertz CT molecular complexity index is 1060. The maximum atomic E-state index is 11.9. The molecule has 0 atom stereocenters. The molecule has 4 heteroatoms. The Hall–Kier alpha value is -3.14. The van der Waals surface area contributed by atoms with Crippen LogP contribution >= 0.6 is 0 Å². The van der Waals surface area contributed by atoms with Gasteiger partial charge < -0.3 is 9.30 Å². The van der Waals surface area contributed by atoms with Gasteiger partial charge in [0.25, 0.3) is 0 Å². The predicted octanol–water partition coefficient (Wildman–Crippen LogP) is 5.89. The normalized spacial score (nSPS) is 11.2. The highest BCUT2D eigenvalue weighted by atomic mass is 16.5. The Kier molecular flexibility index (Phi) is 6.32.